The molecule has 1 unspecified atom stereocenters. The van der Waals surface area contributed by atoms with Gasteiger partial charge in [0.05, 0.1) is 0 Å². The first kappa shape index (κ1) is 15.7. The molecule has 0 saturated heterocycles. The predicted octanol–water partition coefficient (Wildman–Crippen LogP) is 2.38. The lowest BCUT2D eigenvalue weighted by Crippen LogP contribution is -2.37. The molecule has 106 valence electrons. The standard InChI is InChI=1S/C16H26N2O/c1-12(11-17)18-15(19)10-7-13-5-8-14(9-6-13)16(2,3)4/h5-6,8-9,12H,7,10-11,17H2,1-4H3,(H,18,19). The van der Waals surface area contributed by atoms with Crippen molar-refractivity contribution in [3.63, 3.8) is 0 Å². The van der Waals surface area contributed by atoms with Crippen LogP contribution in [0.25, 0.3) is 0 Å². The third-order valence-electron chi connectivity index (χ3n) is 3.22. The van der Waals surface area contributed by atoms with Gasteiger partial charge in [0.2, 0.25) is 5.91 Å². The van der Waals surface area contributed by atoms with E-state index in [0.29, 0.717) is 13.0 Å². The predicted molar refractivity (Wildman–Crippen MR) is 80.1 cm³/mol. The molecule has 0 spiro atoms. The Labute approximate surface area is 116 Å². The summed E-state index contributed by atoms with van der Waals surface area (Å²) in [6.45, 7) is 8.99. The van der Waals surface area contributed by atoms with Crippen LogP contribution in [0.15, 0.2) is 24.3 Å². The number of rotatable bonds is 5. The molecule has 0 saturated carbocycles. The van der Waals surface area contributed by atoms with Crippen LogP contribution < -0.4 is 11.1 Å². The molecular formula is C16H26N2O. The Hall–Kier alpha value is -1.35. The van der Waals surface area contributed by atoms with E-state index in [2.05, 4.69) is 50.4 Å². The van der Waals surface area contributed by atoms with E-state index in [1.807, 2.05) is 6.92 Å². The van der Waals surface area contributed by atoms with Crippen LogP contribution in [0, 0.1) is 0 Å². The van der Waals surface area contributed by atoms with Gasteiger partial charge in [-0.05, 0) is 29.9 Å². The lowest BCUT2D eigenvalue weighted by Gasteiger charge is -2.19. The monoisotopic (exact) mass is 262 g/mol. The smallest absolute Gasteiger partial charge is 0.220 e. The second kappa shape index (κ2) is 6.71. The molecule has 0 fully saturated rings. The van der Waals surface area contributed by atoms with E-state index in [4.69, 9.17) is 5.73 Å². The number of hydrogen-bond acceptors (Lipinski definition) is 2. The van der Waals surface area contributed by atoms with E-state index in [9.17, 15) is 4.79 Å². The zero-order valence-corrected chi connectivity index (χ0v) is 12.5. The number of carbonyl (C=O) groups excluding carboxylic acids is 1. The SMILES string of the molecule is CC(CN)NC(=O)CCc1ccc(C(C)(C)C)cc1. The summed E-state index contributed by atoms with van der Waals surface area (Å²) in [4.78, 5) is 11.6. The van der Waals surface area contributed by atoms with Crippen molar-refractivity contribution in [2.75, 3.05) is 6.54 Å². The van der Waals surface area contributed by atoms with Gasteiger partial charge in [-0.1, -0.05) is 45.0 Å². The molecule has 0 heterocycles. The van der Waals surface area contributed by atoms with E-state index in [-0.39, 0.29) is 17.4 Å². The van der Waals surface area contributed by atoms with Crippen molar-refractivity contribution in [1.29, 1.82) is 0 Å². The van der Waals surface area contributed by atoms with Gasteiger partial charge in [0, 0.05) is 19.0 Å². The van der Waals surface area contributed by atoms with Crippen molar-refractivity contribution in [3.05, 3.63) is 35.4 Å². The summed E-state index contributed by atoms with van der Waals surface area (Å²) >= 11 is 0. The fourth-order valence-electron chi connectivity index (χ4n) is 1.84. The maximum atomic E-state index is 11.6. The van der Waals surface area contributed by atoms with Crippen LogP contribution in [0.5, 0.6) is 0 Å². The van der Waals surface area contributed by atoms with Crippen LogP contribution in [-0.4, -0.2) is 18.5 Å². The molecular weight excluding hydrogens is 236 g/mol. The lowest BCUT2D eigenvalue weighted by atomic mass is 9.86. The Balaban J connectivity index is 2.48. The molecule has 1 aromatic rings. The Morgan fingerprint density at radius 2 is 1.84 bits per heavy atom. The van der Waals surface area contributed by atoms with Gasteiger partial charge < -0.3 is 11.1 Å². The van der Waals surface area contributed by atoms with Gasteiger partial charge in [0.25, 0.3) is 0 Å². The Bertz CT molecular complexity index is 404. The molecule has 19 heavy (non-hydrogen) atoms. The third kappa shape index (κ3) is 5.43. The van der Waals surface area contributed by atoms with Gasteiger partial charge in [-0.2, -0.15) is 0 Å². The van der Waals surface area contributed by atoms with E-state index in [0.717, 1.165) is 6.42 Å². The highest BCUT2D eigenvalue weighted by Crippen LogP contribution is 2.22. The topological polar surface area (TPSA) is 55.1 Å². The van der Waals surface area contributed by atoms with Crippen LogP contribution >= 0.6 is 0 Å². The molecule has 3 heteroatoms. The minimum Gasteiger partial charge on any atom is -0.352 e. The number of hydrogen-bond donors (Lipinski definition) is 2. The number of amides is 1. The van der Waals surface area contributed by atoms with E-state index in [1.54, 1.807) is 0 Å². The summed E-state index contributed by atoms with van der Waals surface area (Å²) < 4.78 is 0. The summed E-state index contributed by atoms with van der Waals surface area (Å²) in [6.07, 6.45) is 1.28. The van der Waals surface area contributed by atoms with Crippen LogP contribution in [0.1, 0.15) is 45.2 Å². The largest absolute Gasteiger partial charge is 0.352 e. The Kier molecular flexibility index (Phi) is 5.55. The van der Waals surface area contributed by atoms with Crippen LogP contribution in [0.3, 0.4) is 0 Å². The van der Waals surface area contributed by atoms with Crippen LogP contribution in [0.2, 0.25) is 0 Å². The molecule has 3 nitrogen and oxygen atoms in total. The normalized spacial score (nSPS) is 13.1. The zero-order valence-electron chi connectivity index (χ0n) is 12.5. The molecule has 3 N–H and O–H groups in total. The maximum Gasteiger partial charge on any atom is 0.220 e. The molecule has 0 radical (unpaired) electrons. The third-order valence-corrected chi connectivity index (χ3v) is 3.22. The van der Waals surface area contributed by atoms with E-state index >= 15 is 0 Å². The summed E-state index contributed by atoms with van der Waals surface area (Å²) in [5, 5.41) is 2.87. The summed E-state index contributed by atoms with van der Waals surface area (Å²) in [6, 6.07) is 8.57. The van der Waals surface area contributed by atoms with Gasteiger partial charge >= 0.3 is 0 Å². The fraction of sp³-hybridized carbons (Fsp3) is 0.562. The number of aryl methyl sites for hydroxylation is 1. The molecule has 0 aromatic heterocycles. The van der Waals surface area contributed by atoms with Crippen LogP contribution in [-0.2, 0) is 16.6 Å². The minimum absolute atomic E-state index is 0.0516. The number of carbonyl (C=O) groups is 1. The molecule has 0 aliphatic rings. The Morgan fingerprint density at radius 3 is 2.32 bits per heavy atom. The van der Waals surface area contributed by atoms with Crippen molar-refractivity contribution in [2.24, 2.45) is 5.73 Å². The second-order valence-electron chi connectivity index (χ2n) is 6.15. The highest BCUT2D eigenvalue weighted by molar-refractivity contribution is 5.76. The summed E-state index contributed by atoms with van der Waals surface area (Å²) in [5.74, 6) is 0.0675. The van der Waals surface area contributed by atoms with E-state index in [1.165, 1.54) is 11.1 Å². The first-order valence-corrected chi connectivity index (χ1v) is 6.92. The minimum atomic E-state index is 0.0516. The number of benzene rings is 1. The van der Waals surface area contributed by atoms with Gasteiger partial charge in [-0.15, -0.1) is 0 Å². The van der Waals surface area contributed by atoms with Crippen molar-refractivity contribution in [3.8, 4) is 0 Å². The maximum absolute atomic E-state index is 11.6. The molecule has 1 aromatic carbocycles. The molecule has 1 amide bonds. The quantitative estimate of drug-likeness (QED) is 0.856. The van der Waals surface area contributed by atoms with Gasteiger partial charge in [0.15, 0.2) is 0 Å². The van der Waals surface area contributed by atoms with Crippen molar-refractivity contribution in [1.82, 2.24) is 5.32 Å². The van der Waals surface area contributed by atoms with Crippen molar-refractivity contribution < 1.29 is 4.79 Å². The average molecular weight is 262 g/mol. The van der Waals surface area contributed by atoms with Crippen molar-refractivity contribution >= 4 is 5.91 Å². The van der Waals surface area contributed by atoms with Gasteiger partial charge in [-0.25, -0.2) is 0 Å². The molecule has 0 aliphatic heterocycles. The summed E-state index contributed by atoms with van der Waals surface area (Å²) in [5.41, 5.74) is 8.16. The van der Waals surface area contributed by atoms with Gasteiger partial charge in [0.1, 0.15) is 0 Å². The molecule has 1 atom stereocenters. The lowest BCUT2D eigenvalue weighted by molar-refractivity contribution is -0.121. The second-order valence-corrected chi connectivity index (χ2v) is 6.15. The first-order chi connectivity index (χ1) is 8.82. The highest BCUT2D eigenvalue weighted by atomic mass is 16.1. The summed E-state index contributed by atoms with van der Waals surface area (Å²) in [7, 11) is 0. The number of nitrogens with two attached hydrogens (primary N) is 1. The number of nitrogens with one attached hydrogen (secondary N) is 1. The highest BCUT2D eigenvalue weighted by Gasteiger charge is 2.13. The first-order valence-electron chi connectivity index (χ1n) is 6.92. The fourth-order valence-corrected chi connectivity index (χ4v) is 1.84. The van der Waals surface area contributed by atoms with Crippen molar-refractivity contribution in [2.45, 2.75) is 52.0 Å². The molecule has 1 rings (SSSR count). The van der Waals surface area contributed by atoms with Gasteiger partial charge in [-0.3, -0.25) is 4.79 Å². The molecule has 0 aliphatic carbocycles. The van der Waals surface area contributed by atoms with E-state index < -0.39 is 0 Å². The Morgan fingerprint density at radius 1 is 1.26 bits per heavy atom. The molecule has 0 bridgehead atoms. The average Bonchev–Trinajstić information content (AvgIpc) is 2.35. The van der Waals surface area contributed by atoms with Crippen LogP contribution in [0.4, 0.5) is 0 Å². The zero-order chi connectivity index (χ0) is 14.5.